The van der Waals surface area contributed by atoms with Crippen LogP contribution in [0.2, 0.25) is 0 Å². The van der Waals surface area contributed by atoms with Crippen LogP contribution in [0.25, 0.3) is 16.2 Å². The van der Waals surface area contributed by atoms with Crippen LogP contribution in [-0.4, -0.2) is 66.8 Å². The lowest BCUT2D eigenvalue weighted by Crippen LogP contribution is -2.46. The van der Waals surface area contributed by atoms with E-state index < -0.39 is 6.09 Å². The predicted molar refractivity (Wildman–Crippen MR) is 122 cm³/mol. The second kappa shape index (κ2) is 9.11. The molecule has 1 aliphatic rings. The number of carboxylic acid groups (broad SMARTS) is 1. The normalized spacial score (nSPS) is 15.8. The molecule has 0 saturated carbocycles. The SMILES string of the molecule is CC(C)C(C)Nc1cc(C(=O)N2CCC(NC(=O)O)CC2)nc(-c2cnn3ccsc23)n1. The second-order valence-corrected chi connectivity index (χ2v) is 9.26. The average Bonchev–Trinajstić information content (AvgIpc) is 3.37. The molecule has 0 aliphatic carbocycles. The summed E-state index contributed by atoms with van der Waals surface area (Å²) >= 11 is 1.54. The van der Waals surface area contributed by atoms with Gasteiger partial charge in [-0.05, 0) is 25.7 Å². The Bertz CT molecular complexity index is 1120. The number of anilines is 1. The maximum atomic E-state index is 13.3. The molecule has 1 unspecified atom stereocenters. The first-order valence-electron chi connectivity index (χ1n) is 10.7. The molecule has 1 atom stereocenters. The van der Waals surface area contributed by atoms with Crippen LogP contribution in [0.4, 0.5) is 10.6 Å². The fraction of sp³-hybridized carbons (Fsp3) is 0.476. The zero-order valence-corrected chi connectivity index (χ0v) is 19.1. The highest BCUT2D eigenvalue weighted by Crippen LogP contribution is 2.27. The van der Waals surface area contributed by atoms with E-state index in [1.807, 2.05) is 11.6 Å². The highest BCUT2D eigenvalue weighted by atomic mass is 32.1. The Morgan fingerprint density at radius 3 is 2.66 bits per heavy atom. The Balaban J connectivity index is 1.63. The molecular formula is C21H27N7O3S. The van der Waals surface area contributed by atoms with Crippen LogP contribution in [0.1, 0.15) is 44.1 Å². The Labute approximate surface area is 189 Å². The van der Waals surface area contributed by atoms with Crippen molar-refractivity contribution in [3.63, 3.8) is 0 Å². The molecule has 0 radical (unpaired) electrons. The van der Waals surface area contributed by atoms with Gasteiger partial charge in [0.1, 0.15) is 16.3 Å². The van der Waals surface area contributed by atoms with Crippen molar-refractivity contribution in [1.29, 1.82) is 0 Å². The molecule has 2 amide bonds. The maximum Gasteiger partial charge on any atom is 0.404 e. The van der Waals surface area contributed by atoms with E-state index in [-0.39, 0.29) is 18.0 Å². The highest BCUT2D eigenvalue weighted by Gasteiger charge is 2.26. The summed E-state index contributed by atoms with van der Waals surface area (Å²) in [4.78, 5) is 36.1. The first kappa shape index (κ1) is 22.0. The van der Waals surface area contributed by atoms with Crippen LogP contribution in [0, 0.1) is 5.92 Å². The van der Waals surface area contributed by atoms with Gasteiger partial charge in [0.15, 0.2) is 5.82 Å². The number of carbonyl (C=O) groups excluding carboxylic acids is 1. The fourth-order valence-electron chi connectivity index (χ4n) is 3.60. The largest absolute Gasteiger partial charge is 0.465 e. The van der Waals surface area contributed by atoms with Crippen LogP contribution in [-0.2, 0) is 0 Å². The van der Waals surface area contributed by atoms with Gasteiger partial charge in [0, 0.05) is 42.8 Å². The summed E-state index contributed by atoms with van der Waals surface area (Å²) in [5, 5.41) is 21.1. The molecule has 0 aromatic carbocycles. The lowest BCUT2D eigenvalue weighted by molar-refractivity contribution is 0.0700. The summed E-state index contributed by atoms with van der Waals surface area (Å²) in [6, 6.07) is 1.72. The number of amides is 2. The van der Waals surface area contributed by atoms with Crippen molar-refractivity contribution >= 4 is 34.0 Å². The van der Waals surface area contributed by atoms with Crippen molar-refractivity contribution in [2.24, 2.45) is 5.92 Å². The number of nitrogens with one attached hydrogen (secondary N) is 2. The van der Waals surface area contributed by atoms with Crippen molar-refractivity contribution in [3.8, 4) is 11.4 Å². The van der Waals surface area contributed by atoms with Crippen LogP contribution in [0.5, 0.6) is 0 Å². The minimum absolute atomic E-state index is 0.138. The van der Waals surface area contributed by atoms with E-state index in [4.69, 9.17) is 5.11 Å². The van der Waals surface area contributed by atoms with Crippen molar-refractivity contribution in [1.82, 2.24) is 29.8 Å². The molecule has 0 spiro atoms. The monoisotopic (exact) mass is 457 g/mol. The molecule has 1 saturated heterocycles. The Hall–Kier alpha value is -3.21. The molecule has 3 aromatic heterocycles. The Morgan fingerprint density at radius 1 is 1.22 bits per heavy atom. The van der Waals surface area contributed by atoms with Gasteiger partial charge < -0.3 is 20.6 Å². The minimum atomic E-state index is -1.04. The van der Waals surface area contributed by atoms with Crippen molar-refractivity contribution in [2.75, 3.05) is 18.4 Å². The van der Waals surface area contributed by atoms with Gasteiger partial charge in [0.25, 0.3) is 5.91 Å². The smallest absolute Gasteiger partial charge is 0.404 e. The van der Waals surface area contributed by atoms with Gasteiger partial charge in [-0.3, -0.25) is 4.79 Å². The predicted octanol–water partition coefficient (Wildman–Crippen LogP) is 3.18. The molecule has 4 rings (SSSR count). The molecule has 4 heterocycles. The summed E-state index contributed by atoms with van der Waals surface area (Å²) in [6.45, 7) is 7.25. The van der Waals surface area contributed by atoms with E-state index in [2.05, 4.69) is 46.5 Å². The minimum Gasteiger partial charge on any atom is -0.465 e. The molecule has 32 heavy (non-hydrogen) atoms. The molecule has 1 aliphatic heterocycles. The van der Waals surface area contributed by atoms with Gasteiger partial charge in [-0.2, -0.15) is 5.10 Å². The quantitative estimate of drug-likeness (QED) is 0.519. The lowest BCUT2D eigenvalue weighted by Gasteiger charge is -2.31. The number of piperidine rings is 1. The summed E-state index contributed by atoms with van der Waals surface area (Å²) < 4.78 is 1.77. The van der Waals surface area contributed by atoms with Crippen molar-refractivity contribution in [2.45, 2.75) is 45.7 Å². The Morgan fingerprint density at radius 2 is 1.97 bits per heavy atom. The van der Waals surface area contributed by atoms with Gasteiger partial charge in [0.05, 0.1) is 11.8 Å². The number of hydrogen-bond donors (Lipinski definition) is 3. The summed E-state index contributed by atoms with van der Waals surface area (Å²) in [7, 11) is 0. The topological polar surface area (TPSA) is 125 Å². The van der Waals surface area contributed by atoms with E-state index in [0.29, 0.717) is 49.2 Å². The number of aromatic nitrogens is 4. The molecule has 10 nitrogen and oxygen atoms in total. The molecule has 3 aromatic rings. The zero-order chi connectivity index (χ0) is 22.8. The summed E-state index contributed by atoms with van der Waals surface area (Å²) in [5.41, 5.74) is 1.09. The van der Waals surface area contributed by atoms with Gasteiger partial charge in [-0.1, -0.05) is 13.8 Å². The summed E-state index contributed by atoms with van der Waals surface area (Å²) in [5.74, 6) is 1.25. The Kier molecular flexibility index (Phi) is 6.26. The molecule has 1 fully saturated rings. The fourth-order valence-corrected chi connectivity index (χ4v) is 4.39. The highest BCUT2D eigenvalue weighted by molar-refractivity contribution is 7.16. The van der Waals surface area contributed by atoms with Crippen molar-refractivity contribution in [3.05, 3.63) is 29.5 Å². The van der Waals surface area contributed by atoms with E-state index >= 15 is 0 Å². The molecular weight excluding hydrogens is 430 g/mol. The number of rotatable bonds is 6. The number of carbonyl (C=O) groups is 2. The average molecular weight is 458 g/mol. The zero-order valence-electron chi connectivity index (χ0n) is 18.3. The van der Waals surface area contributed by atoms with Gasteiger partial charge in [-0.15, -0.1) is 11.3 Å². The van der Waals surface area contributed by atoms with Crippen LogP contribution in [0.3, 0.4) is 0 Å². The molecule has 0 bridgehead atoms. The van der Waals surface area contributed by atoms with Crippen LogP contribution < -0.4 is 10.6 Å². The third kappa shape index (κ3) is 4.67. The molecule has 3 N–H and O–H groups in total. The first-order chi connectivity index (χ1) is 15.3. The third-order valence-electron chi connectivity index (χ3n) is 5.80. The second-order valence-electron chi connectivity index (χ2n) is 8.37. The van der Waals surface area contributed by atoms with Crippen molar-refractivity contribution < 1.29 is 14.7 Å². The first-order valence-corrected chi connectivity index (χ1v) is 11.6. The van der Waals surface area contributed by atoms with Crippen LogP contribution in [0.15, 0.2) is 23.8 Å². The number of fused-ring (bicyclic) bond motifs is 1. The van der Waals surface area contributed by atoms with E-state index in [1.165, 1.54) is 11.3 Å². The van der Waals surface area contributed by atoms with E-state index in [1.54, 1.807) is 21.7 Å². The van der Waals surface area contributed by atoms with E-state index in [9.17, 15) is 9.59 Å². The number of thiazole rings is 1. The molecule has 170 valence electrons. The van der Waals surface area contributed by atoms with Gasteiger partial charge in [0.2, 0.25) is 0 Å². The van der Waals surface area contributed by atoms with Gasteiger partial charge in [-0.25, -0.2) is 19.3 Å². The third-order valence-corrected chi connectivity index (χ3v) is 6.69. The van der Waals surface area contributed by atoms with E-state index in [0.717, 1.165) is 10.4 Å². The number of nitrogens with zero attached hydrogens (tertiary/aromatic N) is 5. The number of hydrogen-bond acceptors (Lipinski definition) is 7. The lowest BCUT2D eigenvalue weighted by atomic mass is 10.0. The molecule has 11 heteroatoms. The maximum absolute atomic E-state index is 13.3. The van der Waals surface area contributed by atoms with Gasteiger partial charge >= 0.3 is 6.09 Å². The number of likely N-dealkylation sites (tertiary alicyclic amines) is 1. The standard InChI is InChI=1S/C21H27N7O3S/c1-12(2)13(3)23-17-10-16(19(29)27-6-4-14(5-7-27)24-21(30)31)25-18(26-17)15-11-22-28-8-9-32-20(15)28/h8-14,24H,4-7H2,1-3H3,(H,30,31)(H,23,25,26). The van der Waals surface area contributed by atoms with Crippen LogP contribution >= 0.6 is 11.3 Å². The summed E-state index contributed by atoms with van der Waals surface area (Å²) in [6.07, 6.45) is 3.70.